The lowest BCUT2D eigenvalue weighted by Gasteiger charge is -2.20. The van der Waals surface area contributed by atoms with Crippen molar-refractivity contribution in [3.8, 4) is 11.5 Å². The summed E-state index contributed by atoms with van der Waals surface area (Å²) in [5.41, 5.74) is 1.07. The second-order valence-electron chi connectivity index (χ2n) is 5.78. The molecule has 1 aromatic carbocycles. The zero-order chi connectivity index (χ0) is 18.4. The lowest BCUT2D eigenvalue weighted by Crippen LogP contribution is -2.35. The van der Waals surface area contributed by atoms with E-state index in [1.54, 1.807) is 4.90 Å². The highest BCUT2D eigenvalue weighted by atomic mass is 35.5. The van der Waals surface area contributed by atoms with E-state index in [1.165, 1.54) is 12.1 Å². The predicted molar refractivity (Wildman–Crippen MR) is 94.4 cm³/mol. The number of carbonyl (C=O) groups excluding carboxylic acids is 2. The summed E-state index contributed by atoms with van der Waals surface area (Å²) < 4.78 is 16.2. The molecule has 0 bridgehead atoms. The summed E-state index contributed by atoms with van der Waals surface area (Å²) in [6.45, 7) is 9.06. The first kappa shape index (κ1) is 19.1. The molecule has 1 aliphatic heterocycles. The van der Waals surface area contributed by atoms with Crippen LogP contribution in [0.25, 0.3) is 0 Å². The van der Waals surface area contributed by atoms with Crippen LogP contribution in [0.2, 0.25) is 5.02 Å². The van der Waals surface area contributed by atoms with Gasteiger partial charge in [-0.25, -0.2) is 4.79 Å². The second kappa shape index (κ2) is 8.76. The summed E-state index contributed by atoms with van der Waals surface area (Å²) >= 11 is 6.16. The molecule has 0 N–H and O–H groups in total. The molecule has 1 amide bonds. The molecule has 6 nitrogen and oxygen atoms in total. The number of halogens is 1. The van der Waals surface area contributed by atoms with E-state index >= 15 is 0 Å². The average Bonchev–Trinajstić information content (AvgIpc) is 2.82. The zero-order valence-electron chi connectivity index (χ0n) is 14.5. The number of ether oxygens (including phenoxy) is 3. The van der Waals surface area contributed by atoms with E-state index < -0.39 is 5.97 Å². The number of hydrogen-bond acceptors (Lipinski definition) is 5. The standard InChI is InChI=1S/C18H22ClNO5/c1-4-20(10-12(2)3)16(21)11-25-18(22)13-8-14(19)17-15(9-13)23-6-5-7-24-17/h8-9H,2,4-7,10-11H2,1,3H3. The highest BCUT2D eigenvalue weighted by molar-refractivity contribution is 6.32. The number of rotatable bonds is 6. The molecule has 2 rings (SSSR count). The Hall–Kier alpha value is -2.21. The molecule has 0 unspecified atom stereocenters. The van der Waals surface area contributed by atoms with Crippen LogP contribution in [0.4, 0.5) is 0 Å². The lowest BCUT2D eigenvalue weighted by atomic mass is 10.2. The normalized spacial score (nSPS) is 12.9. The van der Waals surface area contributed by atoms with Crippen LogP contribution >= 0.6 is 11.6 Å². The number of benzene rings is 1. The summed E-state index contributed by atoms with van der Waals surface area (Å²) in [6.07, 6.45) is 0.731. The quantitative estimate of drug-likeness (QED) is 0.571. The molecule has 1 heterocycles. The molecule has 7 heteroatoms. The fourth-order valence-corrected chi connectivity index (χ4v) is 2.62. The number of hydrogen-bond donors (Lipinski definition) is 0. The molecule has 1 aromatic rings. The second-order valence-corrected chi connectivity index (χ2v) is 6.18. The molecule has 25 heavy (non-hydrogen) atoms. The van der Waals surface area contributed by atoms with Gasteiger partial charge in [0.15, 0.2) is 18.1 Å². The number of nitrogens with zero attached hydrogens (tertiary/aromatic N) is 1. The Kier molecular flexibility index (Phi) is 6.70. The Labute approximate surface area is 152 Å². The van der Waals surface area contributed by atoms with Crippen LogP contribution in [0.5, 0.6) is 11.5 Å². The summed E-state index contributed by atoms with van der Waals surface area (Å²) in [5, 5.41) is 0.273. The Morgan fingerprint density at radius 3 is 2.72 bits per heavy atom. The van der Waals surface area contributed by atoms with Gasteiger partial charge >= 0.3 is 5.97 Å². The molecule has 0 aliphatic carbocycles. The topological polar surface area (TPSA) is 65.1 Å². The first-order chi connectivity index (χ1) is 11.9. The summed E-state index contributed by atoms with van der Waals surface area (Å²) in [5.74, 6) is -0.0947. The van der Waals surface area contributed by atoms with Crippen molar-refractivity contribution in [1.82, 2.24) is 4.90 Å². The summed E-state index contributed by atoms with van der Waals surface area (Å²) in [4.78, 5) is 25.9. The van der Waals surface area contributed by atoms with E-state index in [4.69, 9.17) is 25.8 Å². The fourth-order valence-electron chi connectivity index (χ4n) is 2.35. The molecule has 136 valence electrons. The number of amides is 1. The smallest absolute Gasteiger partial charge is 0.338 e. The molecule has 0 saturated heterocycles. The van der Waals surface area contributed by atoms with E-state index in [0.29, 0.717) is 37.8 Å². The van der Waals surface area contributed by atoms with E-state index in [1.807, 2.05) is 13.8 Å². The van der Waals surface area contributed by atoms with Crippen molar-refractivity contribution < 1.29 is 23.8 Å². The third-order valence-corrected chi connectivity index (χ3v) is 3.84. The van der Waals surface area contributed by atoms with Crippen molar-refractivity contribution in [3.63, 3.8) is 0 Å². The Bertz CT molecular complexity index is 674. The van der Waals surface area contributed by atoms with Gasteiger partial charge in [0.25, 0.3) is 5.91 Å². The number of esters is 1. The highest BCUT2D eigenvalue weighted by Gasteiger charge is 2.20. The van der Waals surface area contributed by atoms with Crippen LogP contribution in [-0.2, 0) is 9.53 Å². The minimum Gasteiger partial charge on any atom is -0.489 e. The molecule has 0 atom stereocenters. The van der Waals surface area contributed by atoms with Crippen molar-refractivity contribution in [1.29, 1.82) is 0 Å². The maximum absolute atomic E-state index is 12.2. The van der Waals surface area contributed by atoms with E-state index in [0.717, 1.165) is 12.0 Å². The van der Waals surface area contributed by atoms with E-state index in [9.17, 15) is 9.59 Å². The summed E-state index contributed by atoms with van der Waals surface area (Å²) in [6, 6.07) is 2.97. The Balaban J connectivity index is 2.03. The van der Waals surface area contributed by atoms with Crippen LogP contribution in [0, 0.1) is 0 Å². The van der Waals surface area contributed by atoms with Crippen molar-refractivity contribution in [3.05, 3.63) is 34.9 Å². The zero-order valence-corrected chi connectivity index (χ0v) is 15.2. The SMILES string of the molecule is C=C(C)CN(CC)C(=O)COC(=O)c1cc(Cl)c2c(c1)OCCCO2. The first-order valence-corrected chi connectivity index (χ1v) is 8.48. The molecule has 0 saturated carbocycles. The van der Waals surface area contributed by atoms with Gasteiger partial charge in [0.05, 0.1) is 23.8 Å². The third-order valence-electron chi connectivity index (χ3n) is 3.56. The minimum atomic E-state index is -0.641. The molecule has 1 aliphatic rings. The van der Waals surface area contributed by atoms with Crippen molar-refractivity contribution >= 4 is 23.5 Å². The molecule has 0 spiro atoms. The monoisotopic (exact) mass is 367 g/mol. The van der Waals surface area contributed by atoms with Gasteiger partial charge in [-0.1, -0.05) is 23.8 Å². The lowest BCUT2D eigenvalue weighted by molar-refractivity contribution is -0.133. The first-order valence-electron chi connectivity index (χ1n) is 8.10. The van der Waals surface area contributed by atoms with Gasteiger partial charge in [-0.05, 0) is 26.0 Å². The third kappa shape index (κ3) is 5.13. The highest BCUT2D eigenvalue weighted by Crippen LogP contribution is 2.38. The molecule has 0 fully saturated rings. The maximum atomic E-state index is 12.2. The number of carbonyl (C=O) groups is 2. The van der Waals surface area contributed by atoms with Gasteiger partial charge in [-0.3, -0.25) is 4.79 Å². The van der Waals surface area contributed by atoms with Crippen molar-refractivity contribution in [2.75, 3.05) is 32.9 Å². The van der Waals surface area contributed by atoms with E-state index in [2.05, 4.69) is 6.58 Å². The van der Waals surface area contributed by atoms with Crippen LogP contribution in [0.1, 0.15) is 30.6 Å². The molecular formula is C18H22ClNO5. The van der Waals surface area contributed by atoms with Gasteiger partial charge in [-0.2, -0.15) is 0 Å². The Morgan fingerprint density at radius 1 is 1.32 bits per heavy atom. The van der Waals surface area contributed by atoms with Crippen LogP contribution in [0.3, 0.4) is 0 Å². The van der Waals surface area contributed by atoms with Crippen LogP contribution in [0.15, 0.2) is 24.3 Å². The van der Waals surface area contributed by atoms with Gasteiger partial charge in [-0.15, -0.1) is 0 Å². The molecule has 0 aromatic heterocycles. The van der Waals surface area contributed by atoms with Gasteiger partial charge in [0.2, 0.25) is 0 Å². The van der Waals surface area contributed by atoms with Crippen LogP contribution in [-0.4, -0.2) is 49.7 Å². The largest absolute Gasteiger partial charge is 0.489 e. The molecule has 0 radical (unpaired) electrons. The van der Waals surface area contributed by atoms with E-state index in [-0.39, 0.29) is 23.1 Å². The Morgan fingerprint density at radius 2 is 2.04 bits per heavy atom. The number of fused-ring (bicyclic) bond motifs is 1. The molecular weight excluding hydrogens is 346 g/mol. The fraction of sp³-hybridized carbons (Fsp3) is 0.444. The minimum absolute atomic E-state index is 0.213. The van der Waals surface area contributed by atoms with Gasteiger partial charge in [0, 0.05) is 19.5 Å². The number of likely N-dealkylation sites (N-methyl/N-ethyl adjacent to an activating group) is 1. The maximum Gasteiger partial charge on any atom is 0.338 e. The van der Waals surface area contributed by atoms with Gasteiger partial charge < -0.3 is 19.1 Å². The van der Waals surface area contributed by atoms with Crippen LogP contribution < -0.4 is 9.47 Å². The predicted octanol–water partition coefficient (Wildman–Crippen LogP) is 3.08. The van der Waals surface area contributed by atoms with Crippen molar-refractivity contribution in [2.45, 2.75) is 20.3 Å². The van der Waals surface area contributed by atoms with Crippen molar-refractivity contribution in [2.24, 2.45) is 0 Å². The average molecular weight is 368 g/mol. The van der Waals surface area contributed by atoms with Gasteiger partial charge in [0.1, 0.15) is 0 Å². The summed E-state index contributed by atoms with van der Waals surface area (Å²) in [7, 11) is 0.